The van der Waals surface area contributed by atoms with Gasteiger partial charge in [-0.1, -0.05) is 64.2 Å². The third-order valence-corrected chi connectivity index (χ3v) is 8.55. The Morgan fingerprint density at radius 3 is 1.91 bits per heavy atom. The Morgan fingerprint density at radius 1 is 0.711 bits per heavy atom. The Labute approximate surface area is 272 Å². The van der Waals surface area contributed by atoms with Crippen molar-refractivity contribution in [2.24, 2.45) is 0 Å². The van der Waals surface area contributed by atoms with Gasteiger partial charge in [0.05, 0.1) is 17.7 Å². The summed E-state index contributed by atoms with van der Waals surface area (Å²) in [6.07, 6.45) is 11.7. The van der Waals surface area contributed by atoms with Crippen molar-refractivity contribution in [2.75, 3.05) is 12.4 Å². The van der Waals surface area contributed by atoms with E-state index in [9.17, 15) is 14.4 Å². The van der Waals surface area contributed by atoms with Crippen molar-refractivity contribution < 1.29 is 28.6 Å². The molecule has 0 saturated heterocycles. The first-order chi connectivity index (χ1) is 21.8. The molecule has 0 aliphatic heterocycles. The van der Waals surface area contributed by atoms with Crippen molar-refractivity contribution in [2.45, 2.75) is 89.9 Å². The van der Waals surface area contributed by atoms with Crippen LogP contribution in [0.15, 0.2) is 83.8 Å². The van der Waals surface area contributed by atoms with E-state index in [4.69, 9.17) is 14.2 Å². The van der Waals surface area contributed by atoms with E-state index in [0.717, 1.165) is 35.5 Å². The van der Waals surface area contributed by atoms with Crippen molar-refractivity contribution in [3.05, 3.63) is 101 Å². The highest BCUT2D eigenvalue weighted by atomic mass is 32.2. The van der Waals surface area contributed by atoms with Crippen LogP contribution in [0.2, 0.25) is 0 Å². The van der Waals surface area contributed by atoms with Crippen molar-refractivity contribution in [3.63, 3.8) is 0 Å². The van der Waals surface area contributed by atoms with Gasteiger partial charge in [0.25, 0.3) is 0 Å². The smallest absolute Gasteiger partial charge is 0.343 e. The largest absolute Gasteiger partial charge is 0.462 e. The van der Waals surface area contributed by atoms with Gasteiger partial charge in [0.1, 0.15) is 11.5 Å². The number of ether oxygens (including phenoxy) is 3. The molecule has 3 aromatic rings. The summed E-state index contributed by atoms with van der Waals surface area (Å²) in [5.74, 6) is 0.416. The molecule has 0 amide bonds. The lowest BCUT2D eigenvalue weighted by molar-refractivity contribution is -0.139. The van der Waals surface area contributed by atoms with Gasteiger partial charge >= 0.3 is 17.9 Å². The highest BCUT2D eigenvalue weighted by Gasteiger charge is 2.13. The number of thioether (sulfide) groups is 1. The van der Waals surface area contributed by atoms with Crippen LogP contribution in [0.4, 0.5) is 0 Å². The Balaban J connectivity index is 1.40. The first-order valence-corrected chi connectivity index (χ1v) is 16.9. The van der Waals surface area contributed by atoms with Crippen molar-refractivity contribution in [1.82, 2.24) is 0 Å². The lowest BCUT2D eigenvalue weighted by Crippen LogP contribution is -2.10. The highest BCUT2D eigenvalue weighted by molar-refractivity contribution is 7.99. The molecular weight excluding hydrogens is 584 g/mol. The summed E-state index contributed by atoms with van der Waals surface area (Å²) in [4.78, 5) is 37.9. The van der Waals surface area contributed by atoms with Crippen molar-refractivity contribution >= 4 is 29.7 Å². The Morgan fingerprint density at radius 2 is 1.29 bits per heavy atom. The van der Waals surface area contributed by atoms with Crippen molar-refractivity contribution in [1.29, 1.82) is 0 Å². The van der Waals surface area contributed by atoms with Crippen LogP contribution < -0.4 is 9.47 Å². The summed E-state index contributed by atoms with van der Waals surface area (Å²) < 4.78 is 16.2. The Hall–Kier alpha value is -3.84. The summed E-state index contributed by atoms with van der Waals surface area (Å²) in [5.41, 5.74) is 3.44. The maximum Gasteiger partial charge on any atom is 0.343 e. The third-order valence-electron chi connectivity index (χ3n) is 7.29. The second-order valence-electron chi connectivity index (χ2n) is 11.3. The predicted octanol–water partition coefficient (Wildman–Crippen LogP) is 9.72. The fourth-order valence-electron chi connectivity index (χ4n) is 4.61. The van der Waals surface area contributed by atoms with E-state index < -0.39 is 11.9 Å². The van der Waals surface area contributed by atoms with Crippen LogP contribution in [0.1, 0.15) is 103 Å². The number of benzene rings is 3. The standard InChI is InChI=1S/C38H46O6S/c1-5-6-7-8-9-10-11-14-30-15-20-33(21-16-30)43-37(40)31-17-22-34(23-18-31)44-38(41)32-19-24-35(29(4)27-32)45-26-13-12-25-42-36(39)28(2)3/h15-24,27H,2,5-14,25-26H2,1,3-4H3. The molecular formula is C38H46O6S. The van der Waals surface area contributed by atoms with E-state index in [2.05, 4.69) is 13.5 Å². The molecule has 6 nitrogen and oxygen atoms in total. The number of carbonyl (C=O) groups is 3. The minimum atomic E-state index is -0.471. The van der Waals surface area contributed by atoms with Gasteiger partial charge in [0, 0.05) is 10.5 Å². The van der Waals surface area contributed by atoms with Crippen molar-refractivity contribution in [3.8, 4) is 11.5 Å². The van der Waals surface area contributed by atoms with E-state index in [-0.39, 0.29) is 5.97 Å². The number of hydrogen-bond acceptors (Lipinski definition) is 7. The second kappa shape index (κ2) is 19.5. The molecule has 0 radical (unpaired) electrons. The SMILES string of the molecule is C=C(C)C(=O)OCCCCSc1ccc(C(=O)Oc2ccc(C(=O)Oc3ccc(CCCCCCCCC)cc3)cc2)cc1C. The molecule has 45 heavy (non-hydrogen) atoms. The Bertz CT molecular complexity index is 1390. The van der Waals surface area contributed by atoms with Gasteiger partial charge in [-0.2, -0.15) is 0 Å². The maximum atomic E-state index is 12.8. The molecule has 0 atom stereocenters. The summed E-state index contributed by atoms with van der Waals surface area (Å²) in [6.45, 7) is 9.78. The molecule has 0 aliphatic carbocycles. The molecule has 7 heteroatoms. The molecule has 0 spiro atoms. The third kappa shape index (κ3) is 13.0. The molecule has 0 heterocycles. The fourth-order valence-corrected chi connectivity index (χ4v) is 5.63. The van der Waals surface area contributed by atoms with Crippen LogP contribution >= 0.6 is 11.8 Å². The topological polar surface area (TPSA) is 78.9 Å². The highest BCUT2D eigenvalue weighted by Crippen LogP contribution is 2.25. The summed E-state index contributed by atoms with van der Waals surface area (Å²) in [5, 5.41) is 0. The quantitative estimate of drug-likeness (QED) is 0.0429. The number of rotatable bonds is 19. The van der Waals surface area contributed by atoms with E-state index >= 15 is 0 Å². The van der Waals surface area contributed by atoms with Crippen LogP contribution in [0.25, 0.3) is 0 Å². The molecule has 0 fully saturated rings. The predicted molar refractivity (Wildman–Crippen MR) is 181 cm³/mol. The summed E-state index contributed by atoms with van der Waals surface area (Å²) in [7, 11) is 0. The number of aryl methyl sites for hydroxylation is 2. The number of carbonyl (C=O) groups excluding carboxylic acids is 3. The van der Waals surface area contributed by atoms with Crippen LogP contribution in [-0.2, 0) is 16.0 Å². The Kier molecular flexibility index (Phi) is 15.5. The molecule has 0 N–H and O–H groups in total. The normalized spacial score (nSPS) is 10.7. The monoisotopic (exact) mass is 630 g/mol. The van der Waals surface area contributed by atoms with Crippen LogP contribution in [-0.4, -0.2) is 30.3 Å². The average molecular weight is 631 g/mol. The molecule has 0 unspecified atom stereocenters. The minimum absolute atomic E-state index is 0.342. The zero-order valence-corrected chi connectivity index (χ0v) is 27.7. The maximum absolute atomic E-state index is 12.8. The fraction of sp³-hybridized carbons (Fsp3) is 0.395. The molecule has 0 aliphatic rings. The van der Waals surface area contributed by atoms with Gasteiger partial charge in [0.2, 0.25) is 0 Å². The zero-order chi connectivity index (χ0) is 32.4. The molecule has 0 saturated carbocycles. The van der Waals surface area contributed by atoms with Gasteiger partial charge in [0.15, 0.2) is 0 Å². The molecule has 3 rings (SSSR count). The molecule has 3 aromatic carbocycles. The summed E-state index contributed by atoms with van der Waals surface area (Å²) in [6, 6.07) is 19.5. The van der Waals surface area contributed by atoms with E-state index in [1.165, 1.54) is 50.5 Å². The lowest BCUT2D eigenvalue weighted by atomic mass is 10.0. The first kappa shape index (κ1) is 35.6. The molecule has 0 bridgehead atoms. The number of hydrogen-bond donors (Lipinski definition) is 0. The van der Waals surface area contributed by atoms with E-state index in [1.807, 2.05) is 43.3 Å². The van der Waals surface area contributed by atoms with Gasteiger partial charge < -0.3 is 14.2 Å². The number of esters is 3. The van der Waals surface area contributed by atoms with E-state index in [1.54, 1.807) is 49.0 Å². The van der Waals surface area contributed by atoms with Gasteiger partial charge in [-0.05, 0) is 111 Å². The van der Waals surface area contributed by atoms with E-state index in [0.29, 0.717) is 34.8 Å². The lowest BCUT2D eigenvalue weighted by Gasteiger charge is -2.10. The van der Waals surface area contributed by atoms with Crippen LogP contribution in [0, 0.1) is 6.92 Å². The molecule has 0 aromatic heterocycles. The average Bonchev–Trinajstić information content (AvgIpc) is 3.03. The molecule has 240 valence electrons. The van der Waals surface area contributed by atoms with Gasteiger partial charge in [-0.3, -0.25) is 0 Å². The minimum Gasteiger partial charge on any atom is -0.462 e. The number of unbranched alkanes of at least 4 members (excludes halogenated alkanes) is 7. The van der Waals surface area contributed by atoms with Gasteiger partial charge in [-0.15, -0.1) is 11.8 Å². The zero-order valence-electron chi connectivity index (χ0n) is 26.9. The summed E-state index contributed by atoms with van der Waals surface area (Å²) >= 11 is 1.69. The van der Waals surface area contributed by atoms with Crippen LogP contribution in [0.3, 0.4) is 0 Å². The van der Waals surface area contributed by atoms with Crippen LogP contribution in [0.5, 0.6) is 11.5 Å². The van der Waals surface area contributed by atoms with Gasteiger partial charge in [-0.25, -0.2) is 14.4 Å². The second-order valence-corrected chi connectivity index (χ2v) is 12.4. The first-order valence-electron chi connectivity index (χ1n) is 16.0.